The van der Waals surface area contributed by atoms with E-state index in [1.165, 1.54) is 0 Å². The number of ether oxygens (including phenoxy) is 1. The van der Waals surface area contributed by atoms with Crippen molar-refractivity contribution in [2.24, 2.45) is 0 Å². The van der Waals surface area contributed by atoms with Crippen LogP contribution in [0.2, 0.25) is 0 Å². The van der Waals surface area contributed by atoms with Gasteiger partial charge in [-0.25, -0.2) is 4.79 Å². The van der Waals surface area contributed by atoms with Gasteiger partial charge in [-0.15, -0.1) is 0 Å². The molecule has 4 nitrogen and oxygen atoms in total. The van der Waals surface area contributed by atoms with Crippen LogP contribution in [-0.2, 0) is 9.53 Å². The molecule has 0 heterocycles. The molecule has 18 heavy (non-hydrogen) atoms. The van der Waals surface area contributed by atoms with Crippen molar-refractivity contribution in [1.29, 1.82) is 0 Å². The minimum atomic E-state index is -0.359. The third kappa shape index (κ3) is 4.14. The Labute approximate surface area is 115 Å². The van der Waals surface area contributed by atoms with Crippen molar-refractivity contribution >= 4 is 33.5 Å². The summed E-state index contributed by atoms with van der Waals surface area (Å²) in [4.78, 5) is 22.8. The predicted molar refractivity (Wildman–Crippen MR) is 74.0 cm³/mol. The minimum Gasteiger partial charge on any atom is -0.462 e. The lowest BCUT2D eigenvalue weighted by Gasteiger charge is -2.09. The molecule has 1 rings (SSSR count). The van der Waals surface area contributed by atoms with Crippen molar-refractivity contribution in [3.63, 3.8) is 0 Å². The molecule has 5 heteroatoms. The molecule has 0 aliphatic heterocycles. The number of hydrogen-bond donors (Lipinski definition) is 1. The van der Waals surface area contributed by atoms with Crippen LogP contribution in [0.4, 0.5) is 5.69 Å². The van der Waals surface area contributed by atoms with Crippen LogP contribution >= 0.6 is 15.9 Å². The second-order valence-electron chi connectivity index (χ2n) is 3.66. The first-order valence-electron chi connectivity index (χ1n) is 5.80. The summed E-state index contributed by atoms with van der Waals surface area (Å²) in [6, 6.07) is 6.62. The Morgan fingerprint density at radius 3 is 2.39 bits per heavy atom. The van der Waals surface area contributed by atoms with Gasteiger partial charge in [-0.3, -0.25) is 4.79 Å². The van der Waals surface area contributed by atoms with Crippen molar-refractivity contribution in [3.8, 4) is 0 Å². The smallest absolute Gasteiger partial charge is 0.338 e. The first-order valence-corrected chi connectivity index (χ1v) is 6.72. The number of carbonyl (C=O) groups is 2. The van der Waals surface area contributed by atoms with Crippen LogP contribution in [-0.4, -0.2) is 23.3 Å². The molecule has 0 saturated carbocycles. The van der Waals surface area contributed by atoms with E-state index in [4.69, 9.17) is 4.74 Å². The van der Waals surface area contributed by atoms with E-state index in [-0.39, 0.29) is 16.7 Å². The molecule has 1 amide bonds. The van der Waals surface area contributed by atoms with Crippen LogP contribution < -0.4 is 5.32 Å². The number of halogens is 1. The standard InChI is InChI=1S/C13H16BrNO3/c1-3-11(14)12(16)15-10-7-5-9(6-8-10)13(17)18-4-2/h5-8,11H,3-4H2,1-2H3,(H,15,16)/t11-/m0/s1. The molecule has 0 saturated heterocycles. The number of alkyl halides is 1. The molecule has 0 spiro atoms. The zero-order valence-corrected chi connectivity index (χ0v) is 12.0. The zero-order chi connectivity index (χ0) is 13.5. The molecule has 0 bridgehead atoms. The number of amides is 1. The van der Waals surface area contributed by atoms with E-state index >= 15 is 0 Å². The van der Waals surface area contributed by atoms with E-state index in [0.29, 0.717) is 24.3 Å². The highest BCUT2D eigenvalue weighted by Gasteiger charge is 2.12. The van der Waals surface area contributed by atoms with Crippen LogP contribution in [0.3, 0.4) is 0 Å². The summed E-state index contributed by atoms with van der Waals surface area (Å²) in [5.41, 5.74) is 1.13. The van der Waals surface area contributed by atoms with E-state index in [1.807, 2.05) is 6.92 Å². The minimum absolute atomic E-state index is 0.0959. The largest absolute Gasteiger partial charge is 0.462 e. The molecule has 0 radical (unpaired) electrons. The van der Waals surface area contributed by atoms with Gasteiger partial charge >= 0.3 is 5.97 Å². The molecular weight excluding hydrogens is 298 g/mol. The van der Waals surface area contributed by atoms with Gasteiger partial charge in [0.1, 0.15) is 0 Å². The fourth-order valence-electron chi connectivity index (χ4n) is 1.31. The SMILES string of the molecule is CCOC(=O)c1ccc(NC(=O)[C@@H](Br)CC)cc1. The van der Waals surface area contributed by atoms with Gasteiger partial charge in [0, 0.05) is 5.69 Å². The third-order valence-corrected chi connectivity index (χ3v) is 3.37. The highest BCUT2D eigenvalue weighted by Crippen LogP contribution is 2.13. The summed E-state index contributed by atoms with van der Waals surface area (Å²) in [5.74, 6) is -0.455. The average Bonchev–Trinajstić information content (AvgIpc) is 2.38. The molecule has 1 aromatic carbocycles. The normalized spacial score (nSPS) is 11.7. The molecule has 0 aliphatic carbocycles. The highest BCUT2D eigenvalue weighted by molar-refractivity contribution is 9.10. The van der Waals surface area contributed by atoms with Crippen molar-refractivity contribution in [3.05, 3.63) is 29.8 Å². The summed E-state index contributed by atoms with van der Waals surface area (Å²) < 4.78 is 4.87. The van der Waals surface area contributed by atoms with E-state index in [0.717, 1.165) is 0 Å². The zero-order valence-electron chi connectivity index (χ0n) is 10.4. The summed E-state index contributed by atoms with van der Waals surface area (Å²) in [6.07, 6.45) is 0.715. The quantitative estimate of drug-likeness (QED) is 0.671. The molecule has 1 atom stereocenters. The molecule has 0 unspecified atom stereocenters. The Bertz CT molecular complexity index is 417. The van der Waals surface area contributed by atoms with Crippen LogP contribution in [0.25, 0.3) is 0 Å². The molecule has 0 aromatic heterocycles. The maximum absolute atomic E-state index is 11.6. The molecule has 1 N–H and O–H groups in total. The Kier molecular flexibility index (Phi) is 5.85. The topological polar surface area (TPSA) is 55.4 Å². The average molecular weight is 314 g/mol. The van der Waals surface area contributed by atoms with Crippen molar-refractivity contribution in [1.82, 2.24) is 0 Å². The van der Waals surface area contributed by atoms with Gasteiger partial charge < -0.3 is 10.1 Å². The fourth-order valence-corrected chi connectivity index (χ4v) is 1.42. The molecule has 0 aliphatic rings. The number of benzene rings is 1. The van der Waals surface area contributed by atoms with Gasteiger partial charge in [0.15, 0.2) is 0 Å². The van der Waals surface area contributed by atoms with Gasteiger partial charge in [-0.05, 0) is 37.6 Å². The molecule has 1 aromatic rings. The van der Waals surface area contributed by atoms with E-state index < -0.39 is 0 Å². The van der Waals surface area contributed by atoms with Gasteiger partial charge in [0.25, 0.3) is 0 Å². The van der Waals surface area contributed by atoms with E-state index in [2.05, 4.69) is 21.2 Å². The fraction of sp³-hybridized carbons (Fsp3) is 0.385. The molecular formula is C13H16BrNO3. The first-order chi connectivity index (χ1) is 8.58. The van der Waals surface area contributed by atoms with Gasteiger partial charge in [0.2, 0.25) is 5.91 Å². The highest BCUT2D eigenvalue weighted by atomic mass is 79.9. The summed E-state index contributed by atoms with van der Waals surface area (Å²) >= 11 is 3.27. The monoisotopic (exact) mass is 313 g/mol. The Balaban J connectivity index is 2.66. The van der Waals surface area contributed by atoms with Crippen LogP contribution in [0.5, 0.6) is 0 Å². The molecule has 0 fully saturated rings. The first kappa shape index (κ1) is 14.7. The van der Waals surface area contributed by atoms with Crippen LogP contribution in [0.1, 0.15) is 30.6 Å². The van der Waals surface area contributed by atoms with Gasteiger partial charge in [-0.1, -0.05) is 22.9 Å². The predicted octanol–water partition coefficient (Wildman–Crippen LogP) is 2.98. The van der Waals surface area contributed by atoms with E-state index in [1.54, 1.807) is 31.2 Å². The summed E-state index contributed by atoms with van der Waals surface area (Å²) in [5, 5.41) is 2.75. The Morgan fingerprint density at radius 1 is 1.28 bits per heavy atom. The van der Waals surface area contributed by atoms with Crippen LogP contribution in [0.15, 0.2) is 24.3 Å². The summed E-state index contributed by atoms with van der Waals surface area (Å²) in [7, 11) is 0. The van der Waals surface area contributed by atoms with Crippen molar-refractivity contribution < 1.29 is 14.3 Å². The second-order valence-corrected chi connectivity index (χ2v) is 4.77. The number of esters is 1. The van der Waals surface area contributed by atoms with E-state index in [9.17, 15) is 9.59 Å². The summed E-state index contributed by atoms with van der Waals surface area (Å²) in [6.45, 7) is 4.02. The maximum Gasteiger partial charge on any atom is 0.338 e. The number of nitrogens with one attached hydrogen (secondary N) is 1. The Morgan fingerprint density at radius 2 is 1.89 bits per heavy atom. The van der Waals surface area contributed by atoms with Gasteiger partial charge in [-0.2, -0.15) is 0 Å². The lowest BCUT2D eigenvalue weighted by molar-refractivity contribution is -0.115. The third-order valence-electron chi connectivity index (χ3n) is 2.31. The van der Waals surface area contributed by atoms with Crippen molar-refractivity contribution in [2.45, 2.75) is 25.1 Å². The second kappa shape index (κ2) is 7.16. The van der Waals surface area contributed by atoms with Crippen LogP contribution in [0, 0.1) is 0 Å². The van der Waals surface area contributed by atoms with Gasteiger partial charge in [0.05, 0.1) is 17.0 Å². The number of anilines is 1. The lowest BCUT2D eigenvalue weighted by Crippen LogP contribution is -2.21. The molecule has 98 valence electrons. The lowest BCUT2D eigenvalue weighted by atomic mass is 10.2. The number of rotatable bonds is 5. The number of hydrogen-bond acceptors (Lipinski definition) is 3. The number of carbonyl (C=O) groups excluding carboxylic acids is 2. The maximum atomic E-state index is 11.6. The Hall–Kier alpha value is -1.36. The van der Waals surface area contributed by atoms with Crippen molar-refractivity contribution in [2.75, 3.05) is 11.9 Å².